The lowest BCUT2D eigenvalue weighted by atomic mass is 10.0. The summed E-state index contributed by atoms with van der Waals surface area (Å²) in [5.41, 5.74) is 3.47. The fraction of sp³-hybridized carbons (Fsp3) is 0.471. The second kappa shape index (κ2) is 6.99. The van der Waals surface area contributed by atoms with E-state index in [-0.39, 0.29) is 11.8 Å². The molecule has 0 saturated carbocycles. The summed E-state index contributed by atoms with van der Waals surface area (Å²) in [6, 6.07) is 5.87. The summed E-state index contributed by atoms with van der Waals surface area (Å²) in [5, 5.41) is 4.93. The Balaban J connectivity index is 2.05. The van der Waals surface area contributed by atoms with Crippen LogP contribution in [0.2, 0.25) is 5.02 Å². The highest BCUT2D eigenvalue weighted by atomic mass is 35.5. The van der Waals surface area contributed by atoms with Gasteiger partial charge in [0.05, 0.1) is 0 Å². The van der Waals surface area contributed by atoms with Crippen LogP contribution in [0.3, 0.4) is 0 Å². The average molecular weight is 307 g/mol. The minimum Gasteiger partial charge on any atom is -0.358 e. The summed E-state index contributed by atoms with van der Waals surface area (Å²) < 4.78 is 0. The number of aromatic nitrogens is 1. The second-order valence-electron chi connectivity index (χ2n) is 5.47. The van der Waals surface area contributed by atoms with Crippen LogP contribution in [-0.4, -0.2) is 17.4 Å². The molecule has 0 spiro atoms. The van der Waals surface area contributed by atoms with E-state index in [4.69, 9.17) is 11.6 Å². The Bertz CT molecular complexity index is 629. The fourth-order valence-electron chi connectivity index (χ4n) is 2.79. The van der Waals surface area contributed by atoms with E-state index in [9.17, 15) is 4.79 Å². The van der Waals surface area contributed by atoms with Crippen molar-refractivity contribution >= 4 is 28.4 Å². The number of amides is 1. The molecular weight excluding hydrogens is 284 g/mol. The second-order valence-corrected chi connectivity index (χ2v) is 5.91. The summed E-state index contributed by atoms with van der Waals surface area (Å²) in [4.78, 5) is 15.4. The highest BCUT2D eigenvalue weighted by molar-refractivity contribution is 6.31. The number of aromatic amines is 1. The SMILES string of the molecule is CCC(CC)C(=O)NCCc1c(C)[nH]c2ccc(Cl)cc12. The summed E-state index contributed by atoms with van der Waals surface area (Å²) >= 11 is 6.08. The number of hydrogen-bond donors (Lipinski definition) is 2. The normalized spacial score (nSPS) is 11.3. The van der Waals surface area contributed by atoms with Crippen molar-refractivity contribution in [3.8, 4) is 0 Å². The smallest absolute Gasteiger partial charge is 0.223 e. The highest BCUT2D eigenvalue weighted by Gasteiger charge is 2.14. The zero-order valence-corrected chi connectivity index (χ0v) is 13.7. The number of nitrogens with one attached hydrogen (secondary N) is 2. The highest BCUT2D eigenvalue weighted by Crippen LogP contribution is 2.25. The first-order chi connectivity index (χ1) is 10.1. The molecule has 1 aromatic carbocycles. The van der Waals surface area contributed by atoms with Gasteiger partial charge in [0.25, 0.3) is 0 Å². The molecule has 3 nitrogen and oxygen atoms in total. The molecule has 0 bridgehead atoms. The van der Waals surface area contributed by atoms with E-state index in [0.717, 1.165) is 40.9 Å². The van der Waals surface area contributed by atoms with E-state index in [1.807, 2.05) is 18.2 Å². The number of H-pyrrole nitrogens is 1. The van der Waals surface area contributed by atoms with E-state index in [1.165, 1.54) is 5.56 Å². The van der Waals surface area contributed by atoms with Crippen molar-refractivity contribution in [2.75, 3.05) is 6.54 Å². The van der Waals surface area contributed by atoms with Crippen LogP contribution in [0, 0.1) is 12.8 Å². The number of rotatable bonds is 6. The molecule has 1 heterocycles. The van der Waals surface area contributed by atoms with Gasteiger partial charge in [-0.05, 0) is 49.9 Å². The van der Waals surface area contributed by atoms with E-state index < -0.39 is 0 Å². The van der Waals surface area contributed by atoms with Crippen LogP contribution in [0.25, 0.3) is 10.9 Å². The van der Waals surface area contributed by atoms with E-state index >= 15 is 0 Å². The molecule has 4 heteroatoms. The predicted molar refractivity (Wildman–Crippen MR) is 88.8 cm³/mol. The summed E-state index contributed by atoms with van der Waals surface area (Å²) in [7, 11) is 0. The molecule has 0 radical (unpaired) electrons. The minimum atomic E-state index is 0.128. The quantitative estimate of drug-likeness (QED) is 0.824. The van der Waals surface area contributed by atoms with Gasteiger partial charge in [0, 0.05) is 34.1 Å². The van der Waals surface area contributed by atoms with Crippen LogP contribution in [0.15, 0.2) is 18.2 Å². The lowest BCUT2D eigenvalue weighted by molar-refractivity contribution is -0.125. The standard InChI is InChI=1S/C17H23ClN2O/c1-4-12(5-2)17(21)19-9-8-14-11(3)20-16-7-6-13(18)10-15(14)16/h6-7,10,12,20H,4-5,8-9H2,1-3H3,(H,19,21). The Kier molecular flexibility index (Phi) is 5.29. The Hall–Kier alpha value is -1.48. The van der Waals surface area contributed by atoms with Gasteiger partial charge >= 0.3 is 0 Å². The van der Waals surface area contributed by atoms with Crippen LogP contribution < -0.4 is 5.32 Å². The van der Waals surface area contributed by atoms with Gasteiger partial charge in [-0.2, -0.15) is 0 Å². The molecule has 0 aliphatic carbocycles. The number of hydrogen-bond acceptors (Lipinski definition) is 1. The van der Waals surface area contributed by atoms with Gasteiger partial charge in [-0.1, -0.05) is 25.4 Å². The van der Waals surface area contributed by atoms with Crippen molar-refractivity contribution in [3.63, 3.8) is 0 Å². The summed E-state index contributed by atoms with van der Waals surface area (Å²) in [6.45, 7) is 6.83. The number of aryl methyl sites for hydroxylation is 1. The largest absolute Gasteiger partial charge is 0.358 e. The van der Waals surface area contributed by atoms with Gasteiger partial charge in [0.2, 0.25) is 5.91 Å². The van der Waals surface area contributed by atoms with Crippen molar-refractivity contribution in [1.29, 1.82) is 0 Å². The van der Waals surface area contributed by atoms with Crippen molar-refractivity contribution in [2.24, 2.45) is 5.92 Å². The molecule has 0 atom stereocenters. The fourth-order valence-corrected chi connectivity index (χ4v) is 2.96. The van der Waals surface area contributed by atoms with Gasteiger partial charge in [0.1, 0.15) is 0 Å². The third kappa shape index (κ3) is 3.59. The predicted octanol–water partition coefficient (Wildman–Crippen LogP) is 4.22. The third-order valence-corrected chi connectivity index (χ3v) is 4.35. The molecule has 2 aromatic rings. The zero-order chi connectivity index (χ0) is 15.4. The van der Waals surface area contributed by atoms with Crippen molar-refractivity contribution < 1.29 is 4.79 Å². The van der Waals surface area contributed by atoms with Gasteiger partial charge in [-0.15, -0.1) is 0 Å². The molecule has 1 amide bonds. The van der Waals surface area contributed by atoms with E-state index in [0.29, 0.717) is 6.54 Å². The average Bonchev–Trinajstić information content (AvgIpc) is 2.76. The van der Waals surface area contributed by atoms with Crippen LogP contribution in [0.4, 0.5) is 0 Å². The number of halogens is 1. The number of carbonyl (C=O) groups excluding carboxylic acids is 1. The first-order valence-electron chi connectivity index (χ1n) is 7.61. The zero-order valence-electron chi connectivity index (χ0n) is 12.9. The topological polar surface area (TPSA) is 44.9 Å². The molecule has 2 rings (SSSR count). The molecule has 21 heavy (non-hydrogen) atoms. The van der Waals surface area contributed by atoms with Crippen LogP contribution >= 0.6 is 11.6 Å². The van der Waals surface area contributed by atoms with Gasteiger partial charge in [-0.25, -0.2) is 0 Å². The molecule has 0 unspecified atom stereocenters. The molecule has 0 fully saturated rings. The van der Waals surface area contributed by atoms with Crippen LogP contribution in [0.5, 0.6) is 0 Å². The monoisotopic (exact) mass is 306 g/mol. The maximum Gasteiger partial charge on any atom is 0.223 e. The Morgan fingerprint density at radius 2 is 2.05 bits per heavy atom. The third-order valence-electron chi connectivity index (χ3n) is 4.11. The molecule has 2 N–H and O–H groups in total. The molecular formula is C17H23ClN2O. The summed E-state index contributed by atoms with van der Waals surface area (Å²) in [6.07, 6.45) is 2.60. The molecule has 0 aliphatic rings. The maximum atomic E-state index is 12.0. The Morgan fingerprint density at radius 1 is 1.33 bits per heavy atom. The minimum absolute atomic E-state index is 0.128. The number of benzene rings is 1. The lowest BCUT2D eigenvalue weighted by Crippen LogP contribution is -2.31. The van der Waals surface area contributed by atoms with Crippen LogP contribution in [-0.2, 0) is 11.2 Å². The Morgan fingerprint density at radius 3 is 2.71 bits per heavy atom. The Labute approximate surface area is 131 Å². The van der Waals surface area contributed by atoms with Gasteiger partial charge in [0.15, 0.2) is 0 Å². The molecule has 1 aromatic heterocycles. The number of carbonyl (C=O) groups is 1. The molecule has 114 valence electrons. The first-order valence-corrected chi connectivity index (χ1v) is 7.99. The molecule has 0 saturated heterocycles. The van der Waals surface area contributed by atoms with Crippen molar-refractivity contribution in [1.82, 2.24) is 10.3 Å². The molecule has 0 aliphatic heterocycles. The number of fused-ring (bicyclic) bond motifs is 1. The summed E-state index contributed by atoms with van der Waals surface area (Å²) in [5.74, 6) is 0.291. The first kappa shape index (κ1) is 15.9. The maximum absolute atomic E-state index is 12.0. The van der Waals surface area contributed by atoms with Gasteiger partial charge < -0.3 is 10.3 Å². The van der Waals surface area contributed by atoms with Crippen LogP contribution in [0.1, 0.15) is 37.9 Å². The van der Waals surface area contributed by atoms with E-state index in [2.05, 4.69) is 31.1 Å². The van der Waals surface area contributed by atoms with Gasteiger partial charge in [-0.3, -0.25) is 4.79 Å². The lowest BCUT2D eigenvalue weighted by Gasteiger charge is -2.12. The van der Waals surface area contributed by atoms with Crippen molar-refractivity contribution in [3.05, 3.63) is 34.5 Å². The van der Waals surface area contributed by atoms with Crippen molar-refractivity contribution in [2.45, 2.75) is 40.0 Å². The van der Waals surface area contributed by atoms with E-state index in [1.54, 1.807) is 0 Å².